The first kappa shape index (κ1) is 13.0. The summed E-state index contributed by atoms with van der Waals surface area (Å²) in [4.78, 5) is 21.9. The first-order valence-electron chi connectivity index (χ1n) is 4.65. The molecule has 90 valence electrons. The van der Waals surface area contributed by atoms with Crippen molar-refractivity contribution >= 4 is 34.9 Å². The third kappa shape index (κ3) is 4.52. The van der Waals surface area contributed by atoms with Crippen LogP contribution >= 0.6 is 11.6 Å². The Hall–Kier alpha value is -2.08. The van der Waals surface area contributed by atoms with Gasteiger partial charge >= 0.3 is 6.03 Å². The summed E-state index contributed by atoms with van der Waals surface area (Å²) in [5.74, 6) is -0.443. The molecule has 1 aromatic carbocycles. The summed E-state index contributed by atoms with van der Waals surface area (Å²) in [5, 5.41) is 6.64. The second-order valence-corrected chi connectivity index (χ2v) is 3.57. The zero-order valence-electron chi connectivity index (χ0n) is 9.03. The number of hydrazone groups is 1. The van der Waals surface area contributed by atoms with E-state index in [-0.39, 0.29) is 5.71 Å². The molecule has 6 nitrogen and oxygen atoms in total. The van der Waals surface area contributed by atoms with Crippen LogP contribution in [0.5, 0.6) is 0 Å². The highest BCUT2D eigenvalue weighted by molar-refractivity contribution is 6.42. The highest BCUT2D eigenvalue weighted by Crippen LogP contribution is 2.13. The van der Waals surface area contributed by atoms with Crippen LogP contribution in [0, 0.1) is 0 Å². The number of anilines is 1. The van der Waals surface area contributed by atoms with E-state index in [4.69, 9.17) is 17.3 Å². The highest BCUT2D eigenvalue weighted by atomic mass is 35.5. The lowest BCUT2D eigenvalue weighted by atomic mass is 10.3. The third-order valence-corrected chi connectivity index (χ3v) is 2.02. The van der Waals surface area contributed by atoms with Crippen LogP contribution in [0.25, 0.3) is 0 Å². The smallest absolute Gasteiger partial charge is 0.332 e. The number of halogens is 1. The van der Waals surface area contributed by atoms with Crippen molar-refractivity contribution in [2.24, 2.45) is 10.8 Å². The van der Waals surface area contributed by atoms with Gasteiger partial charge in [0.15, 0.2) is 0 Å². The molecule has 17 heavy (non-hydrogen) atoms. The number of rotatable bonds is 3. The molecule has 0 aliphatic carbocycles. The minimum Gasteiger partial charge on any atom is -0.350 e. The molecule has 0 aliphatic heterocycles. The van der Waals surface area contributed by atoms with E-state index in [1.165, 1.54) is 6.92 Å². The van der Waals surface area contributed by atoms with E-state index < -0.39 is 11.9 Å². The SMILES string of the molecule is C/C(=N/NC(N)=O)C(=O)Nc1ccc(Cl)cc1. The summed E-state index contributed by atoms with van der Waals surface area (Å²) < 4.78 is 0. The number of hydrogen-bond acceptors (Lipinski definition) is 3. The predicted molar refractivity (Wildman–Crippen MR) is 65.9 cm³/mol. The number of primary amides is 1. The molecule has 0 unspecified atom stereocenters. The molecule has 1 aromatic rings. The largest absolute Gasteiger partial charge is 0.350 e. The number of amides is 3. The van der Waals surface area contributed by atoms with Crippen molar-refractivity contribution in [1.29, 1.82) is 0 Å². The highest BCUT2D eigenvalue weighted by Gasteiger charge is 2.06. The van der Waals surface area contributed by atoms with E-state index in [0.717, 1.165) is 0 Å². The van der Waals surface area contributed by atoms with Gasteiger partial charge in [0, 0.05) is 10.7 Å². The Kier molecular flexibility index (Phi) is 4.47. The van der Waals surface area contributed by atoms with Gasteiger partial charge in [-0.15, -0.1) is 0 Å². The summed E-state index contributed by atoms with van der Waals surface area (Å²) in [6, 6.07) is 5.75. The van der Waals surface area contributed by atoms with E-state index in [1.807, 2.05) is 5.43 Å². The molecular weight excluding hydrogens is 244 g/mol. The van der Waals surface area contributed by atoms with Gasteiger partial charge in [0.05, 0.1) is 0 Å². The van der Waals surface area contributed by atoms with Crippen LogP contribution in [0.3, 0.4) is 0 Å². The Morgan fingerprint density at radius 2 is 1.88 bits per heavy atom. The normalized spacial score (nSPS) is 10.8. The van der Waals surface area contributed by atoms with Crippen LogP contribution in [-0.4, -0.2) is 17.6 Å². The van der Waals surface area contributed by atoms with Gasteiger partial charge in [0.25, 0.3) is 5.91 Å². The van der Waals surface area contributed by atoms with Gasteiger partial charge in [-0.2, -0.15) is 5.10 Å². The van der Waals surface area contributed by atoms with Crippen molar-refractivity contribution < 1.29 is 9.59 Å². The molecule has 0 atom stereocenters. The molecule has 3 amide bonds. The van der Waals surface area contributed by atoms with E-state index >= 15 is 0 Å². The molecule has 1 rings (SSSR count). The molecule has 4 N–H and O–H groups in total. The van der Waals surface area contributed by atoms with E-state index in [9.17, 15) is 9.59 Å². The van der Waals surface area contributed by atoms with Crippen molar-refractivity contribution in [3.8, 4) is 0 Å². The number of carbonyl (C=O) groups excluding carboxylic acids is 2. The Morgan fingerprint density at radius 1 is 1.29 bits per heavy atom. The van der Waals surface area contributed by atoms with Gasteiger partial charge in [0.2, 0.25) is 0 Å². The van der Waals surface area contributed by atoms with Gasteiger partial charge < -0.3 is 11.1 Å². The monoisotopic (exact) mass is 254 g/mol. The lowest BCUT2D eigenvalue weighted by Gasteiger charge is -2.04. The summed E-state index contributed by atoms with van der Waals surface area (Å²) in [5.41, 5.74) is 7.43. The van der Waals surface area contributed by atoms with Crippen LogP contribution in [0.4, 0.5) is 10.5 Å². The van der Waals surface area contributed by atoms with Crippen LogP contribution in [-0.2, 0) is 4.79 Å². The fourth-order valence-corrected chi connectivity index (χ4v) is 1.07. The minimum absolute atomic E-state index is 0.0822. The average molecular weight is 255 g/mol. The lowest BCUT2D eigenvalue weighted by Crippen LogP contribution is -2.28. The molecule has 0 saturated carbocycles. The van der Waals surface area contributed by atoms with Crippen LogP contribution in [0.2, 0.25) is 5.02 Å². The van der Waals surface area contributed by atoms with Crippen molar-refractivity contribution in [2.75, 3.05) is 5.32 Å². The zero-order valence-corrected chi connectivity index (χ0v) is 9.78. The van der Waals surface area contributed by atoms with E-state index in [2.05, 4.69) is 10.4 Å². The summed E-state index contributed by atoms with van der Waals surface area (Å²) in [7, 11) is 0. The van der Waals surface area contributed by atoms with E-state index in [1.54, 1.807) is 24.3 Å². The Bertz CT molecular complexity index is 456. The third-order valence-electron chi connectivity index (χ3n) is 1.76. The molecule has 0 heterocycles. The second-order valence-electron chi connectivity index (χ2n) is 3.13. The summed E-state index contributed by atoms with van der Waals surface area (Å²) >= 11 is 5.70. The van der Waals surface area contributed by atoms with Crippen molar-refractivity contribution in [2.45, 2.75) is 6.92 Å². The second kappa shape index (κ2) is 5.86. The van der Waals surface area contributed by atoms with Crippen LogP contribution in [0.15, 0.2) is 29.4 Å². The Morgan fingerprint density at radius 3 is 2.41 bits per heavy atom. The molecule has 0 fully saturated rings. The maximum atomic E-state index is 11.5. The summed E-state index contributed by atoms with van der Waals surface area (Å²) in [6.07, 6.45) is 0. The first-order chi connectivity index (χ1) is 7.99. The molecular formula is C10H11ClN4O2. The predicted octanol–water partition coefficient (Wildman–Crippen LogP) is 1.32. The summed E-state index contributed by atoms with van der Waals surface area (Å²) in [6.45, 7) is 1.45. The maximum Gasteiger partial charge on any atom is 0.332 e. The van der Waals surface area contributed by atoms with E-state index in [0.29, 0.717) is 10.7 Å². The van der Waals surface area contributed by atoms with Crippen molar-refractivity contribution in [3.05, 3.63) is 29.3 Å². The van der Waals surface area contributed by atoms with Gasteiger partial charge in [0.1, 0.15) is 5.71 Å². The number of nitrogens with zero attached hydrogens (tertiary/aromatic N) is 1. The van der Waals surface area contributed by atoms with Crippen LogP contribution in [0.1, 0.15) is 6.92 Å². The number of urea groups is 1. The standard InChI is InChI=1S/C10H11ClN4O2/c1-6(14-15-10(12)17)9(16)13-8-4-2-7(11)3-5-8/h2-5H,1H3,(H,13,16)(H3,12,15,17)/b14-6-. The quantitative estimate of drug-likeness (QED) is 0.560. The number of nitrogens with two attached hydrogens (primary N) is 1. The number of benzene rings is 1. The minimum atomic E-state index is -0.830. The van der Waals surface area contributed by atoms with Crippen molar-refractivity contribution in [3.63, 3.8) is 0 Å². The lowest BCUT2D eigenvalue weighted by molar-refractivity contribution is -0.110. The van der Waals surface area contributed by atoms with Crippen LogP contribution < -0.4 is 16.5 Å². The number of nitrogens with one attached hydrogen (secondary N) is 2. The molecule has 0 aromatic heterocycles. The van der Waals surface area contributed by atoms with Gasteiger partial charge in [-0.1, -0.05) is 11.6 Å². The molecule has 0 spiro atoms. The number of carbonyl (C=O) groups is 2. The Balaban J connectivity index is 2.63. The van der Waals surface area contributed by atoms with Gasteiger partial charge in [-0.05, 0) is 31.2 Å². The molecule has 7 heteroatoms. The fraction of sp³-hybridized carbons (Fsp3) is 0.100. The maximum absolute atomic E-state index is 11.5. The molecule has 0 saturated heterocycles. The topological polar surface area (TPSA) is 96.6 Å². The fourth-order valence-electron chi connectivity index (χ4n) is 0.944. The van der Waals surface area contributed by atoms with Gasteiger partial charge in [-0.25, -0.2) is 10.2 Å². The van der Waals surface area contributed by atoms with Gasteiger partial charge in [-0.3, -0.25) is 4.79 Å². The zero-order chi connectivity index (χ0) is 12.8. The molecule has 0 aliphatic rings. The number of hydrogen-bond donors (Lipinski definition) is 3. The first-order valence-corrected chi connectivity index (χ1v) is 5.03. The van der Waals surface area contributed by atoms with Crippen molar-refractivity contribution in [1.82, 2.24) is 5.43 Å². The average Bonchev–Trinajstić information content (AvgIpc) is 2.28. The Labute approximate surface area is 103 Å². The molecule has 0 radical (unpaired) electrons. The molecule has 0 bridgehead atoms.